The summed E-state index contributed by atoms with van der Waals surface area (Å²) in [5.41, 5.74) is 2.40. The van der Waals surface area contributed by atoms with E-state index in [0.717, 1.165) is 28.7 Å². The second kappa shape index (κ2) is 9.98. The predicted molar refractivity (Wildman–Crippen MR) is 125 cm³/mol. The van der Waals surface area contributed by atoms with Gasteiger partial charge in [-0.1, -0.05) is 17.4 Å². The highest BCUT2D eigenvalue weighted by atomic mass is 32.1. The Balaban J connectivity index is 2.03. The van der Waals surface area contributed by atoms with E-state index in [0.29, 0.717) is 34.5 Å². The Labute approximate surface area is 187 Å². The van der Waals surface area contributed by atoms with Crippen LogP contribution in [0.2, 0.25) is 0 Å². The van der Waals surface area contributed by atoms with Crippen LogP contribution in [0, 0.1) is 6.92 Å². The summed E-state index contributed by atoms with van der Waals surface area (Å²) < 4.78 is 17.2. The van der Waals surface area contributed by atoms with Crippen molar-refractivity contribution in [3.05, 3.63) is 41.5 Å². The van der Waals surface area contributed by atoms with E-state index < -0.39 is 0 Å². The first kappa shape index (κ1) is 22.8. The first-order chi connectivity index (χ1) is 14.9. The third kappa shape index (κ3) is 4.91. The maximum absolute atomic E-state index is 13.6. The van der Waals surface area contributed by atoms with Crippen molar-refractivity contribution in [2.24, 2.45) is 0 Å². The van der Waals surface area contributed by atoms with Crippen LogP contribution in [-0.2, 0) is 0 Å². The minimum absolute atomic E-state index is 0.129. The van der Waals surface area contributed by atoms with Crippen molar-refractivity contribution in [2.45, 2.75) is 13.3 Å². The molecule has 0 saturated heterocycles. The summed E-state index contributed by atoms with van der Waals surface area (Å²) in [6, 6.07) is 9.13. The van der Waals surface area contributed by atoms with E-state index >= 15 is 0 Å². The van der Waals surface area contributed by atoms with Crippen molar-refractivity contribution >= 4 is 32.6 Å². The molecular formula is C23H29N3O4S. The second-order valence-corrected chi connectivity index (χ2v) is 8.42. The molecule has 0 atom stereocenters. The normalized spacial score (nSPS) is 11.1. The van der Waals surface area contributed by atoms with Crippen molar-refractivity contribution in [3.8, 4) is 17.2 Å². The van der Waals surface area contributed by atoms with Crippen molar-refractivity contribution in [1.82, 2.24) is 9.88 Å². The van der Waals surface area contributed by atoms with Crippen LogP contribution in [0.25, 0.3) is 10.2 Å². The lowest BCUT2D eigenvalue weighted by Crippen LogP contribution is -2.33. The number of benzene rings is 2. The molecule has 0 bridgehead atoms. The fourth-order valence-corrected chi connectivity index (χ4v) is 4.41. The van der Waals surface area contributed by atoms with Gasteiger partial charge in [0, 0.05) is 12.1 Å². The Morgan fingerprint density at radius 2 is 1.65 bits per heavy atom. The topological polar surface area (TPSA) is 64.1 Å². The van der Waals surface area contributed by atoms with Crippen LogP contribution < -0.4 is 19.1 Å². The number of amides is 1. The molecule has 1 amide bonds. The zero-order valence-corrected chi connectivity index (χ0v) is 19.7. The predicted octanol–water partition coefficient (Wildman–Crippen LogP) is 4.23. The number of anilines is 1. The van der Waals surface area contributed by atoms with Crippen LogP contribution in [0.3, 0.4) is 0 Å². The van der Waals surface area contributed by atoms with Crippen LogP contribution in [0.4, 0.5) is 5.13 Å². The first-order valence-corrected chi connectivity index (χ1v) is 10.8. The molecule has 8 heteroatoms. The third-order valence-corrected chi connectivity index (χ3v) is 6.22. The van der Waals surface area contributed by atoms with Gasteiger partial charge in [-0.05, 0) is 63.8 Å². The van der Waals surface area contributed by atoms with Gasteiger partial charge in [-0.15, -0.1) is 0 Å². The maximum Gasteiger partial charge on any atom is 0.260 e. The summed E-state index contributed by atoms with van der Waals surface area (Å²) in [6.07, 6.45) is 0.818. The number of hydrogen-bond donors (Lipinski definition) is 0. The Bertz CT molecular complexity index is 1060. The van der Waals surface area contributed by atoms with Gasteiger partial charge in [-0.25, -0.2) is 4.98 Å². The molecule has 3 aromatic rings. The van der Waals surface area contributed by atoms with E-state index in [1.807, 2.05) is 33.2 Å². The summed E-state index contributed by atoms with van der Waals surface area (Å²) in [5.74, 6) is 1.67. The smallest absolute Gasteiger partial charge is 0.260 e. The molecule has 0 aliphatic heterocycles. The zero-order valence-electron chi connectivity index (χ0n) is 18.9. The number of carbonyl (C=O) groups is 1. The summed E-state index contributed by atoms with van der Waals surface area (Å²) in [7, 11) is 8.80. The van der Waals surface area contributed by atoms with Gasteiger partial charge in [0.2, 0.25) is 0 Å². The van der Waals surface area contributed by atoms with Gasteiger partial charge in [-0.2, -0.15) is 0 Å². The minimum atomic E-state index is -0.129. The van der Waals surface area contributed by atoms with Gasteiger partial charge in [0.25, 0.3) is 5.91 Å². The molecule has 1 aromatic heterocycles. The van der Waals surface area contributed by atoms with Crippen LogP contribution in [0.5, 0.6) is 17.2 Å². The number of carbonyl (C=O) groups excluding carboxylic acids is 1. The fourth-order valence-electron chi connectivity index (χ4n) is 3.33. The van der Waals surface area contributed by atoms with E-state index in [9.17, 15) is 4.79 Å². The van der Waals surface area contributed by atoms with E-state index in [1.54, 1.807) is 44.4 Å². The molecule has 0 spiro atoms. The Kier molecular flexibility index (Phi) is 7.35. The Morgan fingerprint density at radius 3 is 2.29 bits per heavy atom. The van der Waals surface area contributed by atoms with E-state index in [1.165, 1.54) is 11.3 Å². The molecule has 166 valence electrons. The molecule has 1 heterocycles. The highest BCUT2D eigenvalue weighted by Gasteiger charge is 2.24. The molecule has 0 N–H and O–H groups in total. The highest BCUT2D eigenvalue weighted by molar-refractivity contribution is 7.22. The summed E-state index contributed by atoms with van der Waals surface area (Å²) in [6.45, 7) is 3.45. The monoisotopic (exact) mass is 443 g/mol. The van der Waals surface area contributed by atoms with Crippen molar-refractivity contribution in [2.75, 3.05) is 53.4 Å². The van der Waals surface area contributed by atoms with E-state index in [-0.39, 0.29) is 5.91 Å². The standard InChI is InChI=1S/C23H29N3O4S/c1-15-8-10-18(29-5)20-21(15)31-23(24-20)26(13-7-12-25(2)3)22(27)16-9-11-17(28-4)19(14-16)30-6/h8-11,14H,7,12-13H2,1-6H3. The average molecular weight is 444 g/mol. The fraction of sp³-hybridized carbons (Fsp3) is 0.391. The average Bonchev–Trinajstić information content (AvgIpc) is 3.22. The van der Waals surface area contributed by atoms with Crippen LogP contribution in [0.15, 0.2) is 30.3 Å². The van der Waals surface area contributed by atoms with Gasteiger partial charge in [0.15, 0.2) is 16.6 Å². The van der Waals surface area contributed by atoms with Gasteiger partial charge < -0.3 is 19.1 Å². The Morgan fingerprint density at radius 1 is 0.968 bits per heavy atom. The molecular weight excluding hydrogens is 414 g/mol. The molecule has 7 nitrogen and oxygen atoms in total. The highest BCUT2D eigenvalue weighted by Crippen LogP contribution is 2.37. The molecule has 2 aromatic carbocycles. The van der Waals surface area contributed by atoms with Crippen molar-refractivity contribution in [3.63, 3.8) is 0 Å². The largest absolute Gasteiger partial charge is 0.494 e. The van der Waals surface area contributed by atoms with Gasteiger partial charge in [-0.3, -0.25) is 9.69 Å². The number of rotatable bonds is 9. The summed E-state index contributed by atoms with van der Waals surface area (Å²) in [5, 5.41) is 0.654. The number of thiazole rings is 1. The molecule has 0 radical (unpaired) electrons. The number of nitrogens with zero attached hydrogens (tertiary/aromatic N) is 3. The second-order valence-electron chi connectivity index (χ2n) is 7.44. The van der Waals surface area contributed by atoms with Crippen LogP contribution >= 0.6 is 11.3 Å². The first-order valence-electron chi connectivity index (χ1n) is 10.0. The maximum atomic E-state index is 13.6. The van der Waals surface area contributed by atoms with Gasteiger partial charge >= 0.3 is 0 Å². The van der Waals surface area contributed by atoms with E-state index in [2.05, 4.69) is 4.90 Å². The molecule has 31 heavy (non-hydrogen) atoms. The van der Waals surface area contributed by atoms with Crippen LogP contribution in [0.1, 0.15) is 22.3 Å². The molecule has 3 rings (SSSR count). The number of aryl methyl sites for hydroxylation is 1. The SMILES string of the molecule is COc1ccc(C(=O)N(CCCN(C)C)c2nc3c(OC)ccc(C)c3s2)cc1OC. The van der Waals surface area contributed by atoms with Gasteiger partial charge in [0.05, 0.1) is 26.0 Å². The van der Waals surface area contributed by atoms with Crippen molar-refractivity contribution < 1.29 is 19.0 Å². The number of aromatic nitrogens is 1. The quantitative estimate of drug-likeness (QED) is 0.493. The number of methoxy groups -OCH3 is 3. The lowest BCUT2D eigenvalue weighted by Gasteiger charge is -2.21. The number of ether oxygens (including phenoxy) is 3. The van der Waals surface area contributed by atoms with Gasteiger partial charge in [0.1, 0.15) is 11.3 Å². The number of fused-ring (bicyclic) bond motifs is 1. The molecule has 0 saturated carbocycles. The van der Waals surface area contributed by atoms with Crippen LogP contribution in [-0.4, -0.2) is 64.3 Å². The minimum Gasteiger partial charge on any atom is -0.494 e. The molecule has 0 aliphatic carbocycles. The van der Waals surface area contributed by atoms with E-state index in [4.69, 9.17) is 19.2 Å². The molecule has 0 fully saturated rings. The molecule has 0 aliphatic rings. The Hall–Kier alpha value is -2.84. The van der Waals surface area contributed by atoms with Crippen molar-refractivity contribution in [1.29, 1.82) is 0 Å². The lowest BCUT2D eigenvalue weighted by atomic mass is 10.1. The zero-order chi connectivity index (χ0) is 22.5. The summed E-state index contributed by atoms with van der Waals surface area (Å²) in [4.78, 5) is 22.2. The molecule has 0 unspecified atom stereocenters. The summed E-state index contributed by atoms with van der Waals surface area (Å²) >= 11 is 1.51. The lowest BCUT2D eigenvalue weighted by molar-refractivity contribution is 0.0985. The number of hydrogen-bond acceptors (Lipinski definition) is 7. The third-order valence-electron chi connectivity index (χ3n) is 5.01.